The van der Waals surface area contributed by atoms with Crippen molar-refractivity contribution in [1.29, 1.82) is 0 Å². The van der Waals surface area contributed by atoms with Gasteiger partial charge in [0.2, 0.25) is 35.4 Å². The summed E-state index contributed by atoms with van der Waals surface area (Å²) in [6.07, 6.45) is 3.59. The molecule has 1 aromatic heterocycles. The molecule has 1 aliphatic rings. The number of amides is 6. The average Bonchev–Trinajstić information content (AvgIpc) is 1.56. The van der Waals surface area contributed by atoms with Gasteiger partial charge >= 0.3 is 0 Å². The van der Waals surface area contributed by atoms with Gasteiger partial charge in [-0.3, -0.25) is 38.5 Å². The standard InChI is InChI=1S/C66H102F2N8O16/c1-48(2)52(43-51(78)20-26-85-28-30-87-32-34-89-36-38-91-40-41-92-39-37-90-35-33-88-31-29-86-27-23-70-57(79)19-25-76-58(80)44-66(6,7)64(76)84)62(82)73-55(16-11-12-21-69)63(83)71-22-13-24-75(59(81)47-77)60(65(3,4)5)61-72-56(53-42-50(67)17-18-54(53)68)46-74(61)45-49-14-9-8-10-15-49/h8-10,14-15,17-18,42,46,48,52,55,60,77H,11-13,16,19-41,43-45,47,69H2,1-7H3,(H,70,79)(H,71,83)(H,73,82)/t52?,55-,60-/m0/s1. The number of imidazole rings is 1. The van der Waals surface area contributed by atoms with E-state index in [1.807, 2.05) is 65.0 Å². The Morgan fingerprint density at radius 3 is 1.82 bits per heavy atom. The first-order chi connectivity index (χ1) is 44.1. The molecule has 6 N–H and O–H groups in total. The molecule has 6 amide bonds. The number of unbranched alkanes of at least 4 members (excludes halogenated alkanes) is 1. The van der Waals surface area contributed by atoms with Crippen molar-refractivity contribution in [3.05, 3.63) is 77.8 Å². The summed E-state index contributed by atoms with van der Waals surface area (Å²) in [4.78, 5) is 98.4. The normalized spacial score (nSPS) is 14.2. The van der Waals surface area contributed by atoms with Crippen LogP contribution in [0.4, 0.5) is 8.78 Å². The maximum absolute atomic E-state index is 15.2. The second-order valence-corrected chi connectivity index (χ2v) is 24.5. The number of aliphatic hydroxyl groups is 1. The van der Waals surface area contributed by atoms with Gasteiger partial charge in [-0.05, 0) is 67.3 Å². The molecular formula is C66H102F2N8O16. The quantitative estimate of drug-likeness (QED) is 0.0369. The Labute approximate surface area is 540 Å². The molecule has 26 heteroatoms. The first-order valence-corrected chi connectivity index (χ1v) is 32.1. The van der Waals surface area contributed by atoms with Crippen molar-refractivity contribution in [1.82, 2.24) is 35.3 Å². The number of imide groups is 1. The van der Waals surface area contributed by atoms with Crippen molar-refractivity contribution in [3.8, 4) is 11.3 Å². The van der Waals surface area contributed by atoms with E-state index in [-0.39, 0.29) is 106 Å². The zero-order valence-corrected chi connectivity index (χ0v) is 55.1. The van der Waals surface area contributed by atoms with Gasteiger partial charge in [-0.2, -0.15) is 0 Å². The summed E-state index contributed by atoms with van der Waals surface area (Å²) in [7, 11) is 0. The number of rotatable bonds is 50. The highest BCUT2D eigenvalue weighted by molar-refractivity contribution is 6.05. The summed E-state index contributed by atoms with van der Waals surface area (Å²) in [5.41, 5.74) is 5.39. The molecule has 1 aliphatic heterocycles. The topological polar surface area (TPSA) is 300 Å². The lowest BCUT2D eigenvalue weighted by molar-refractivity contribution is -0.141. The first-order valence-electron chi connectivity index (χ1n) is 32.1. The highest BCUT2D eigenvalue weighted by Crippen LogP contribution is 2.40. The fourth-order valence-electron chi connectivity index (χ4n) is 10.1. The van der Waals surface area contributed by atoms with Crippen LogP contribution in [0.2, 0.25) is 0 Å². The predicted molar refractivity (Wildman–Crippen MR) is 338 cm³/mol. The Hall–Kier alpha value is -6.20. The van der Waals surface area contributed by atoms with Crippen LogP contribution in [0.15, 0.2) is 54.7 Å². The van der Waals surface area contributed by atoms with E-state index in [0.717, 1.165) is 28.7 Å². The van der Waals surface area contributed by atoms with Crippen molar-refractivity contribution in [2.45, 2.75) is 118 Å². The van der Waals surface area contributed by atoms with E-state index in [0.29, 0.717) is 137 Å². The number of carbonyl (C=O) groups is 7. The van der Waals surface area contributed by atoms with Crippen LogP contribution in [0.25, 0.3) is 11.3 Å². The van der Waals surface area contributed by atoms with Crippen LogP contribution in [0, 0.1) is 34.3 Å². The van der Waals surface area contributed by atoms with Crippen LogP contribution >= 0.6 is 0 Å². The van der Waals surface area contributed by atoms with E-state index < -0.39 is 64.8 Å². The van der Waals surface area contributed by atoms with Crippen molar-refractivity contribution in [2.24, 2.45) is 28.4 Å². The fourth-order valence-corrected chi connectivity index (χ4v) is 10.1. The molecule has 3 aromatic rings. The van der Waals surface area contributed by atoms with Crippen LogP contribution in [0.5, 0.6) is 0 Å². The summed E-state index contributed by atoms with van der Waals surface area (Å²) < 4.78 is 75.7. The predicted octanol–water partition coefficient (Wildman–Crippen LogP) is 4.95. The SMILES string of the molecule is CC(C)C(CC(=O)CCOCCOCCOCCOCCOCCOCCOCCOCCNC(=O)CCN1C(=O)CC(C)(C)C1=O)C(=O)N[C@@H](CCCCN)C(=O)NCCCN(C(=O)CO)[C@@H](c1nc(-c2cc(F)ccc2F)cn1Cc1ccccc1)C(C)(C)C. The molecule has 24 nitrogen and oxygen atoms in total. The maximum atomic E-state index is 15.2. The van der Waals surface area contributed by atoms with Crippen LogP contribution < -0.4 is 21.7 Å². The zero-order valence-electron chi connectivity index (χ0n) is 55.1. The molecule has 0 saturated carbocycles. The number of aromatic nitrogens is 2. The first kappa shape index (κ1) is 78.2. The van der Waals surface area contributed by atoms with Gasteiger partial charge in [0, 0.05) is 76.1 Å². The third-order valence-electron chi connectivity index (χ3n) is 15.1. The van der Waals surface area contributed by atoms with Crippen molar-refractivity contribution in [3.63, 3.8) is 0 Å². The number of halogens is 2. The van der Waals surface area contributed by atoms with E-state index in [4.69, 9.17) is 48.6 Å². The number of benzene rings is 2. The number of nitrogens with one attached hydrogen (secondary N) is 3. The number of hydrogen-bond acceptors (Lipinski definition) is 18. The zero-order chi connectivity index (χ0) is 67.3. The highest BCUT2D eigenvalue weighted by Gasteiger charge is 2.44. The molecule has 2 aromatic carbocycles. The molecule has 3 atom stereocenters. The van der Waals surface area contributed by atoms with Gasteiger partial charge in [-0.15, -0.1) is 0 Å². The lowest BCUT2D eigenvalue weighted by Gasteiger charge is -2.40. The third kappa shape index (κ3) is 29.0. The van der Waals surface area contributed by atoms with Crippen molar-refractivity contribution >= 4 is 41.2 Å². The number of likely N-dealkylation sites (tertiary alicyclic amines) is 1. The average molecular weight is 1300 g/mol. The molecule has 2 heterocycles. The molecule has 516 valence electrons. The van der Waals surface area contributed by atoms with Gasteiger partial charge in [0.25, 0.3) is 0 Å². The van der Waals surface area contributed by atoms with Crippen LogP contribution in [-0.2, 0) is 78.0 Å². The van der Waals surface area contributed by atoms with Gasteiger partial charge in [-0.25, -0.2) is 13.8 Å². The van der Waals surface area contributed by atoms with Crippen LogP contribution in [0.1, 0.15) is 117 Å². The second kappa shape index (κ2) is 42.9. The van der Waals surface area contributed by atoms with E-state index in [2.05, 4.69) is 16.0 Å². The third-order valence-corrected chi connectivity index (χ3v) is 15.1. The highest BCUT2D eigenvalue weighted by atomic mass is 19.1. The maximum Gasteiger partial charge on any atom is 0.248 e. The number of nitrogens with zero attached hydrogens (tertiary/aromatic N) is 4. The van der Waals surface area contributed by atoms with Gasteiger partial charge in [0.15, 0.2) is 0 Å². The second-order valence-electron chi connectivity index (χ2n) is 24.5. The van der Waals surface area contributed by atoms with E-state index in [1.54, 1.807) is 24.6 Å². The lowest BCUT2D eigenvalue weighted by atomic mass is 9.84. The monoisotopic (exact) mass is 1300 g/mol. The van der Waals surface area contributed by atoms with Gasteiger partial charge in [0.05, 0.1) is 123 Å². The Balaban J connectivity index is 1.04. The fraction of sp³-hybridized carbons (Fsp3) is 0.667. The van der Waals surface area contributed by atoms with E-state index in [1.165, 1.54) is 4.90 Å². The van der Waals surface area contributed by atoms with Crippen LogP contribution in [0.3, 0.4) is 0 Å². The van der Waals surface area contributed by atoms with Crippen LogP contribution in [-0.4, -0.2) is 217 Å². The number of nitrogens with two attached hydrogens (primary N) is 1. The molecule has 1 saturated heterocycles. The summed E-state index contributed by atoms with van der Waals surface area (Å²) >= 11 is 0. The molecule has 92 heavy (non-hydrogen) atoms. The van der Waals surface area contributed by atoms with E-state index >= 15 is 4.39 Å². The van der Waals surface area contributed by atoms with Crippen molar-refractivity contribution < 1.29 is 85.3 Å². The smallest absolute Gasteiger partial charge is 0.248 e. The summed E-state index contributed by atoms with van der Waals surface area (Å²) in [6, 6.07) is 10.9. The summed E-state index contributed by atoms with van der Waals surface area (Å²) in [6.45, 7) is 18.9. The Morgan fingerprint density at radius 2 is 1.29 bits per heavy atom. The molecule has 0 bridgehead atoms. The minimum Gasteiger partial charge on any atom is -0.387 e. The molecule has 0 radical (unpaired) electrons. The number of ketones is 1. The molecule has 0 aliphatic carbocycles. The molecule has 4 rings (SSSR count). The van der Waals surface area contributed by atoms with Gasteiger partial charge in [0.1, 0.15) is 35.9 Å². The van der Waals surface area contributed by atoms with Gasteiger partial charge in [-0.1, -0.05) is 78.8 Å². The summed E-state index contributed by atoms with van der Waals surface area (Å²) in [5, 5.41) is 18.8. The molecular weight excluding hydrogens is 1200 g/mol. The van der Waals surface area contributed by atoms with E-state index in [9.17, 15) is 43.1 Å². The number of carbonyl (C=O) groups excluding carboxylic acids is 7. The number of aliphatic hydroxyl groups excluding tert-OH is 1. The minimum atomic E-state index is -0.930. The molecule has 1 fully saturated rings. The Morgan fingerprint density at radius 1 is 0.728 bits per heavy atom. The van der Waals surface area contributed by atoms with Crippen molar-refractivity contribution in [2.75, 3.05) is 145 Å². The molecule has 0 spiro atoms. The largest absolute Gasteiger partial charge is 0.387 e. The molecule has 1 unspecified atom stereocenters. The van der Waals surface area contributed by atoms with Gasteiger partial charge < -0.3 is 74.2 Å². The minimum absolute atomic E-state index is 0.0425. The lowest BCUT2D eigenvalue weighted by Crippen LogP contribution is -2.50. The number of hydrogen-bond donors (Lipinski definition) is 5. The Kier molecular flexibility index (Phi) is 36.5. The number of ether oxygens (including phenoxy) is 8. The Bertz CT molecular complexity index is 2700. The summed E-state index contributed by atoms with van der Waals surface area (Å²) in [5.74, 6) is -4.23. The number of Topliss-reactive ketones (excluding diaryl/α,β-unsaturated/α-hetero) is 1.